The maximum Gasteiger partial charge on any atom is 0.0379 e. The van der Waals surface area contributed by atoms with Crippen LogP contribution in [0.25, 0.3) is 10.8 Å². The van der Waals surface area contributed by atoms with Gasteiger partial charge in [0, 0.05) is 9.74 Å². The van der Waals surface area contributed by atoms with E-state index in [9.17, 15) is 0 Å². The lowest BCUT2D eigenvalue weighted by atomic mass is 9.85. The van der Waals surface area contributed by atoms with Crippen molar-refractivity contribution in [3.05, 3.63) is 83.9 Å². The van der Waals surface area contributed by atoms with Crippen molar-refractivity contribution in [1.29, 1.82) is 0 Å². The Morgan fingerprint density at radius 3 is 2.05 bits per heavy atom. The standard InChI is InChI=1S/C20H17Br/c1-19(21)14-20(19,17-9-3-2-4-10-17)18-12-11-15-7-5-6-8-16(15)13-18/h2-13H,14H2,1H3. The highest BCUT2D eigenvalue weighted by molar-refractivity contribution is 9.10. The average molecular weight is 337 g/mol. The second kappa shape index (κ2) is 4.45. The third-order valence-electron chi connectivity index (χ3n) is 4.87. The van der Waals surface area contributed by atoms with Gasteiger partial charge in [0.2, 0.25) is 0 Å². The smallest absolute Gasteiger partial charge is 0.0379 e. The molecule has 0 N–H and O–H groups in total. The summed E-state index contributed by atoms with van der Waals surface area (Å²) in [5.74, 6) is 0. The van der Waals surface area contributed by atoms with E-state index >= 15 is 0 Å². The molecule has 1 heteroatoms. The van der Waals surface area contributed by atoms with Crippen molar-refractivity contribution in [2.24, 2.45) is 0 Å². The molecule has 1 aliphatic rings. The molecule has 0 bridgehead atoms. The zero-order chi connectivity index (χ0) is 14.5. The summed E-state index contributed by atoms with van der Waals surface area (Å²) in [4.78, 5) is 0. The summed E-state index contributed by atoms with van der Waals surface area (Å²) < 4.78 is 0.143. The molecule has 0 aliphatic heterocycles. The Labute approximate surface area is 133 Å². The van der Waals surface area contributed by atoms with Crippen molar-refractivity contribution in [1.82, 2.24) is 0 Å². The van der Waals surface area contributed by atoms with E-state index in [2.05, 4.69) is 95.7 Å². The van der Waals surface area contributed by atoms with Gasteiger partial charge in [0.15, 0.2) is 0 Å². The van der Waals surface area contributed by atoms with E-state index in [1.165, 1.54) is 21.9 Å². The molecule has 4 rings (SSSR count). The first-order chi connectivity index (χ1) is 10.1. The third kappa shape index (κ3) is 1.87. The van der Waals surface area contributed by atoms with Crippen LogP contribution >= 0.6 is 15.9 Å². The minimum absolute atomic E-state index is 0.0955. The van der Waals surface area contributed by atoms with Crippen LogP contribution in [0, 0.1) is 0 Å². The minimum atomic E-state index is 0.0955. The van der Waals surface area contributed by atoms with Crippen molar-refractivity contribution < 1.29 is 0 Å². The van der Waals surface area contributed by atoms with Crippen LogP contribution in [-0.4, -0.2) is 4.32 Å². The van der Waals surface area contributed by atoms with Gasteiger partial charge in [0.05, 0.1) is 0 Å². The summed E-state index contributed by atoms with van der Waals surface area (Å²) in [5, 5.41) is 2.63. The van der Waals surface area contributed by atoms with Crippen molar-refractivity contribution in [3.63, 3.8) is 0 Å². The number of fused-ring (bicyclic) bond motifs is 1. The van der Waals surface area contributed by atoms with Crippen molar-refractivity contribution in [2.45, 2.75) is 23.1 Å². The van der Waals surface area contributed by atoms with Crippen molar-refractivity contribution >= 4 is 26.7 Å². The van der Waals surface area contributed by atoms with Crippen molar-refractivity contribution in [2.75, 3.05) is 0 Å². The molecule has 1 fully saturated rings. The van der Waals surface area contributed by atoms with Gasteiger partial charge in [-0.15, -0.1) is 0 Å². The SMILES string of the molecule is CC1(Br)CC1(c1ccccc1)c1ccc2ccccc2c1. The Morgan fingerprint density at radius 2 is 1.38 bits per heavy atom. The largest absolute Gasteiger partial charge is 0.0842 e. The number of halogens is 1. The second-order valence-electron chi connectivity index (χ2n) is 6.21. The fourth-order valence-electron chi connectivity index (χ4n) is 3.60. The maximum atomic E-state index is 3.95. The molecular formula is C20H17Br. The highest BCUT2D eigenvalue weighted by Gasteiger charge is 2.64. The van der Waals surface area contributed by atoms with Crippen LogP contribution in [-0.2, 0) is 5.41 Å². The number of benzene rings is 3. The molecule has 0 aromatic heterocycles. The Kier molecular flexibility index (Phi) is 2.77. The van der Waals surface area contributed by atoms with E-state index < -0.39 is 0 Å². The Balaban J connectivity index is 1.92. The zero-order valence-corrected chi connectivity index (χ0v) is 13.6. The van der Waals surface area contributed by atoms with E-state index in [0.29, 0.717) is 0 Å². The molecule has 104 valence electrons. The maximum absolute atomic E-state index is 3.95. The van der Waals surface area contributed by atoms with Gasteiger partial charge < -0.3 is 0 Å². The lowest BCUT2D eigenvalue weighted by molar-refractivity contribution is 0.790. The molecule has 2 unspecified atom stereocenters. The van der Waals surface area contributed by atoms with Crippen LogP contribution in [0.5, 0.6) is 0 Å². The molecule has 3 aromatic carbocycles. The van der Waals surface area contributed by atoms with Gasteiger partial charge >= 0.3 is 0 Å². The van der Waals surface area contributed by atoms with E-state index in [0.717, 1.165) is 6.42 Å². The second-order valence-corrected chi connectivity index (χ2v) is 7.96. The van der Waals surface area contributed by atoms with Crippen LogP contribution in [0.1, 0.15) is 24.5 Å². The summed E-state index contributed by atoms with van der Waals surface area (Å²) in [6.45, 7) is 2.30. The monoisotopic (exact) mass is 336 g/mol. The van der Waals surface area contributed by atoms with E-state index in [4.69, 9.17) is 0 Å². The van der Waals surface area contributed by atoms with Crippen LogP contribution < -0.4 is 0 Å². The van der Waals surface area contributed by atoms with Gasteiger partial charge in [-0.05, 0) is 35.2 Å². The van der Waals surface area contributed by atoms with E-state index in [1.807, 2.05) is 0 Å². The van der Waals surface area contributed by atoms with E-state index in [1.54, 1.807) is 0 Å². The normalized spacial score (nSPS) is 27.7. The summed E-state index contributed by atoms with van der Waals surface area (Å²) in [5.41, 5.74) is 2.91. The highest BCUT2D eigenvalue weighted by Crippen LogP contribution is 2.66. The Morgan fingerprint density at radius 1 is 0.762 bits per heavy atom. The topological polar surface area (TPSA) is 0 Å². The molecule has 21 heavy (non-hydrogen) atoms. The molecule has 3 aromatic rings. The van der Waals surface area contributed by atoms with Crippen LogP contribution in [0.3, 0.4) is 0 Å². The molecule has 0 amide bonds. The number of rotatable bonds is 2. The molecular weight excluding hydrogens is 320 g/mol. The Hall–Kier alpha value is -1.60. The molecule has 1 aliphatic carbocycles. The van der Waals surface area contributed by atoms with Gasteiger partial charge in [-0.1, -0.05) is 88.7 Å². The van der Waals surface area contributed by atoms with Gasteiger partial charge in [0.1, 0.15) is 0 Å². The summed E-state index contributed by atoms with van der Waals surface area (Å²) >= 11 is 3.95. The fourth-order valence-corrected chi connectivity index (χ4v) is 4.48. The highest BCUT2D eigenvalue weighted by atomic mass is 79.9. The molecule has 0 saturated heterocycles. The minimum Gasteiger partial charge on any atom is -0.0842 e. The third-order valence-corrected chi connectivity index (χ3v) is 5.83. The molecule has 1 saturated carbocycles. The predicted octanol–water partition coefficient (Wildman–Crippen LogP) is 5.68. The first kappa shape index (κ1) is 13.1. The first-order valence-electron chi connectivity index (χ1n) is 7.37. The number of hydrogen-bond donors (Lipinski definition) is 0. The molecule has 0 spiro atoms. The number of hydrogen-bond acceptors (Lipinski definition) is 0. The van der Waals surface area contributed by atoms with Gasteiger partial charge in [-0.25, -0.2) is 0 Å². The van der Waals surface area contributed by atoms with Crippen molar-refractivity contribution in [3.8, 4) is 0 Å². The predicted molar refractivity (Wildman–Crippen MR) is 93.1 cm³/mol. The van der Waals surface area contributed by atoms with Crippen LogP contribution in [0.15, 0.2) is 72.8 Å². The van der Waals surface area contributed by atoms with E-state index in [-0.39, 0.29) is 9.74 Å². The van der Waals surface area contributed by atoms with Gasteiger partial charge in [0.25, 0.3) is 0 Å². The molecule has 0 nitrogen and oxygen atoms in total. The molecule has 0 heterocycles. The summed E-state index contributed by atoms with van der Waals surface area (Å²) in [6.07, 6.45) is 1.14. The Bertz CT molecular complexity index is 804. The van der Waals surface area contributed by atoms with Crippen LogP contribution in [0.2, 0.25) is 0 Å². The summed E-state index contributed by atoms with van der Waals surface area (Å²) in [7, 11) is 0. The number of alkyl halides is 1. The summed E-state index contributed by atoms with van der Waals surface area (Å²) in [6, 6.07) is 26.4. The zero-order valence-electron chi connectivity index (χ0n) is 12.0. The van der Waals surface area contributed by atoms with Crippen LogP contribution in [0.4, 0.5) is 0 Å². The fraction of sp³-hybridized carbons (Fsp3) is 0.200. The first-order valence-corrected chi connectivity index (χ1v) is 8.17. The lowest BCUT2D eigenvalue weighted by Crippen LogP contribution is -2.17. The molecule has 2 atom stereocenters. The van der Waals surface area contributed by atoms with Gasteiger partial charge in [-0.3, -0.25) is 0 Å². The molecule has 0 radical (unpaired) electrons. The van der Waals surface area contributed by atoms with Gasteiger partial charge in [-0.2, -0.15) is 0 Å². The lowest BCUT2D eigenvalue weighted by Gasteiger charge is -2.21. The quantitative estimate of drug-likeness (QED) is 0.528. The average Bonchev–Trinajstić information content (AvgIpc) is 3.12.